The zero-order valence-corrected chi connectivity index (χ0v) is 11.8. The average Bonchev–Trinajstić information content (AvgIpc) is 2.67. The molecule has 0 radical (unpaired) electrons. The molecule has 5 heteroatoms. The Labute approximate surface area is 118 Å². The van der Waals surface area contributed by atoms with Gasteiger partial charge in [0.05, 0.1) is 12.5 Å². The van der Waals surface area contributed by atoms with E-state index in [1.165, 1.54) is 17.0 Å². The van der Waals surface area contributed by atoms with Crippen molar-refractivity contribution in [2.45, 2.75) is 32.7 Å². The minimum absolute atomic E-state index is 0.118. The lowest BCUT2D eigenvalue weighted by atomic mass is 10.1. The molecule has 2 rings (SSSR count). The quantitative estimate of drug-likeness (QED) is 0.829. The number of likely N-dealkylation sites (tertiary alicyclic amines) is 1. The van der Waals surface area contributed by atoms with E-state index in [1.54, 1.807) is 13.0 Å². The molecule has 0 saturated carbocycles. The second kappa shape index (κ2) is 6.13. The van der Waals surface area contributed by atoms with Crippen LogP contribution in [0.25, 0.3) is 0 Å². The molecule has 0 bridgehead atoms. The molecule has 1 unspecified atom stereocenters. The van der Waals surface area contributed by atoms with Crippen molar-refractivity contribution in [3.63, 3.8) is 0 Å². The van der Waals surface area contributed by atoms with Gasteiger partial charge in [-0.25, -0.2) is 4.39 Å². The van der Waals surface area contributed by atoms with E-state index in [0.717, 1.165) is 11.1 Å². The molecule has 0 aromatic heterocycles. The van der Waals surface area contributed by atoms with Gasteiger partial charge in [-0.3, -0.25) is 14.5 Å². The summed E-state index contributed by atoms with van der Waals surface area (Å²) in [4.78, 5) is 24.7. The van der Waals surface area contributed by atoms with Gasteiger partial charge >= 0.3 is 0 Å². The lowest BCUT2D eigenvalue weighted by Crippen LogP contribution is -2.39. The summed E-state index contributed by atoms with van der Waals surface area (Å²) >= 11 is 0. The fraction of sp³-hybridized carbons (Fsp3) is 0.467. The number of imide groups is 1. The van der Waals surface area contributed by atoms with E-state index in [0.29, 0.717) is 19.5 Å². The van der Waals surface area contributed by atoms with Gasteiger partial charge in [0, 0.05) is 6.54 Å². The Morgan fingerprint density at radius 3 is 2.75 bits per heavy atom. The number of halogens is 1. The van der Waals surface area contributed by atoms with Gasteiger partial charge in [-0.05, 0) is 50.1 Å². The van der Waals surface area contributed by atoms with Crippen molar-refractivity contribution >= 4 is 11.8 Å². The Kier molecular flexibility index (Phi) is 4.49. The third kappa shape index (κ3) is 3.04. The largest absolute Gasteiger partial charge is 0.305 e. The summed E-state index contributed by atoms with van der Waals surface area (Å²) in [6.07, 6.45) is 0.936. The summed E-state index contributed by atoms with van der Waals surface area (Å²) < 4.78 is 13.0. The van der Waals surface area contributed by atoms with Crippen LogP contribution in [-0.2, 0) is 16.0 Å². The van der Waals surface area contributed by atoms with Gasteiger partial charge in [0.1, 0.15) is 5.82 Å². The molecule has 0 spiro atoms. The number of hydrogen-bond acceptors (Lipinski definition) is 3. The van der Waals surface area contributed by atoms with Crippen molar-refractivity contribution in [3.8, 4) is 0 Å². The molecule has 1 N–H and O–H groups in total. The van der Waals surface area contributed by atoms with Crippen LogP contribution in [0.4, 0.5) is 4.39 Å². The van der Waals surface area contributed by atoms with Crippen LogP contribution in [0.15, 0.2) is 18.2 Å². The summed E-state index contributed by atoms with van der Waals surface area (Å²) in [6, 6.07) is 4.28. The van der Waals surface area contributed by atoms with E-state index in [9.17, 15) is 14.0 Å². The van der Waals surface area contributed by atoms with Crippen LogP contribution in [0.5, 0.6) is 0 Å². The molecule has 1 atom stereocenters. The first-order valence-electron chi connectivity index (χ1n) is 6.85. The maximum absolute atomic E-state index is 13.0. The maximum Gasteiger partial charge on any atom is 0.246 e. The van der Waals surface area contributed by atoms with Crippen molar-refractivity contribution in [2.24, 2.45) is 0 Å². The number of hydrogen-bond donors (Lipinski definition) is 1. The molecule has 1 heterocycles. The molecular weight excluding hydrogens is 259 g/mol. The monoisotopic (exact) mass is 278 g/mol. The zero-order valence-electron chi connectivity index (χ0n) is 11.8. The molecule has 1 aliphatic heterocycles. The van der Waals surface area contributed by atoms with Gasteiger partial charge < -0.3 is 5.32 Å². The fourth-order valence-electron chi connectivity index (χ4n) is 2.50. The highest BCUT2D eigenvalue weighted by atomic mass is 19.1. The van der Waals surface area contributed by atoms with Crippen LogP contribution in [0, 0.1) is 12.7 Å². The number of benzene rings is 1. The normalized spacial score (nSPS) is 18.9. The summed E-state index contributed by atoms with van der Waals surface area (Å²) in [5, 5.41) is 3.11. The number of carbonyl (C=O) groups is 2. The third-order valence-electron chi connectivity index (χ3n) is 3.65. The van der Waals surface area contributed by atoms with Gasteiger partial charge in [0.15, 0.2) is 0 Å². The topological polar surface area (TPSA) is 49.4 Å². The first-order chi connectivity index (χ1) is 9.52. The van der Waals surface area contributed by atoms with Crippen molar-refractivity contribution in [3.05, 3.63) is 35.1 Å². The van der Waals surface area contributed by atoms with Gasteiger partial charge in [0.25, 0.3) is 0 Å². The number of amides is 2. The minimum Gasteiger partial charge on any atom is -0.305 e. The molecular formula is C15H19FN2O2. The number of aryl methyl sites for hydroxylation is 1. The fourth-order valence-corrected chi connectivity index (χ4v) is 2.50. The van der Waals surface area contributed by atoms with Gasteiger partial charge in [-0.2, -0.15) is 0 Å². The van der Waals surface area contributed by atoms with E-state index in [-0.39, 0.29) is 24.1 Å². The molecule has 1 fully saturated rings. The van der Waals surface area contributed by atoms with Crippen LogP contribution >= 0.6 is 0 Å². The summed E-state index contributed by atoms with van der Waals surface area (Å²) in [6.45, 7) is 4.67. The minimum atomic E-state index is -0.414. The maximum atomic E-state index is 13.0. The van der Waals surface area contributed by atoms with E-state index in [2.05, 4.69) is 5.32 Å². The summed E-state index contributed by atoms with van der Waals surface area (Å²) in [5.74, 6) is -0.504. The first-order valence-corrected chi connectivity index (χ1v) is 6.85. The molecule has 4 nitrogen and oxygen atoms in total. The highest BCUT2D eigenvalue weighted by molar-refractivity contribution is 6.05. The lowest BCUT2D eigenvalue weighted by Gasteiger charge is -2.13. The highest BCUT2D eigenvalue weighted by Gasteiger charge is 2.36. The van der Waals surface area contributed by atoms with Gasteiger partial charge in [-0.1, -0.05) is 6.07 Å². The van der Waals surface area contributed by atoms with E-state index >= 15 is 0 Å². The average molecular weight is 278 g/mol. The number of likely N-dealkylation sites (N-methyl/N-ethyl adjacent to an activating group) is 1. The van der Waals surface area contributed by atoms with E-state index < -0.39 is 6.04 Å². The third-order valence-corrected chi connectivity index (χ3v) is 3.65. The molecule has 20 heavy (non-hydrogen) atoms. The Morgan fingerprint density at radius 2 is 2.15 bits per heavy atom. The van der Waals surface area contributed by atoms with Crippen LogP contribution in [0.2, 0.25) is 0 Å². The molecule has 1 saturated heterocycles. The second-order valence-corrected chi connectivity index (χ2v) is 5.01. The van der Waals surface area contributed by atoms with Gasteiger partial charge in [-0.15, -0.1) is 0 Å². The highest BCUT2D eigenvalue weighted by Crippen LogP contribution is 2.13. The van der Waals surface area contributed by atoms with Crippen molar-refractivity contribution in [1.82, 2.24) is 10.2 Å². The van der Waals surface area contributed by atoms with E-state index in [1.807, 2.05) is 6.92 Å². The second-order valence-electron chi connectivity index (χ2n) is 5.01. The molecule has 1 aromatic carbocycles. The molecule has 108 valence electrons. The Morgan fingerprint density at radius 1 is 1.40 bits per heavy atom. The Bertz CT molecular complexity index is 531. The van der Waals surface area contributed by atoms with Crippen LogP contribution < -0.4 is 5.32 Å². The van der Waals surface area contributed by atoms with E-state index in [4.69, 9.17) is 0 Å². The molecule has 1 aromatic rings. The predicted octanol–water partition coefficient (Wildman–Crippen LogP) is 1.41. The van der Waals surface area contributed by atoms with Crippen molar-refractivity contribution in [1.29, 1.82) is 0 Å². The van der Waals surface area contributed by atoms with Crippen LogP contribution in [0.1, 0.15) is 24.5 Å². The lowest BCUT2D eigenvalue weighted by molar-refractivity contribution is -0.138. The van der Waals surface area contributed by atoms with Crippen molar-refractivity contribution in [2.75, 3.05) is 13.1 Å². The standard InChI is InChI=1S/C15H19FN2O2/c1-3-18-14(19)9-13(15(18)20)17-7-6-11-4-5-12(16)8-10(11)2/h4-5,8,13,17H,3,6-7,9H2,1-2H3. The number of nitrogens with one attached hydrogen (secondary N) is 1. The number of rotatable bonds is 5. The number of carbonyl (C=O) groups excluding carboxylic acids is 2. The van der Waals surface area contributed by atoms with Crippen LogP contribution in [0.3, 0.4) is 0 Å². The predicted molar refractivity (Wildman–Crippen MR) is 73.6 cm³/mol. The first kappa shape index (κ1) is 14.7. The van der Waals surface area contributed by atoms with Crippen LogP contribution in [-0.4, -0.2) is 35.8 Å². The smallest absolute Gasteiger partial charge is 0.246 e. The summed E-state index contributed by atoms with van der Waals surface area (Å²) in [7, 11) is 0. The molecule has 1 aliphatic rings. The SMILES string of the molecule is CCN1C(=O)CC(NCCc2ccc(F)cc2C)C1=O. The Balaban J connectivity index is 1.87. The van der Waals surface area contributed by atoms with Crippen molar-refractivity contribution < 1.29 is 14.0 Å². The molecule has 0 aliphatic carbocycles. The number of nitrogens with zero attached hydrogens (tertiary/aromatic N) is 1. The zero-order chi connectivity index (χ0) is 14.7. The molecule has 2 amide bonds. The Hall–Kier alpha value is -1.75. The van der Waals surface area contributed by atoms with Gasteiger partial charge in [0.2, 0.25) is 11.8 Å². The summed E-state index contributed by atoms with van der Waals surface area (Å²) in [5.41, 5.74) is 1.94.